The summed E-state index contributed by atoms with van der Waals surface area (Å²) in [5.41, 5.74) is -1.63. The summed E-state index contributed by atoms with van der Waals surface area (Å²) in [4.78, 5) is 38.9. The van der Waals surface area contributed by atoms with Gasteiger partial charge in [0, 0.05) is 17.0 Å². The average molecular weight is 479 g/mol. The number of benzene rings is 2. The Labute approximate surface area is 187 Å². The summed E-state index contributed by atoms with van der Waals surface area (Å²) in [5.74, 6) is -2.82. The van der Waals surface area contributed by atoms with Crippen molar-refractivity contribution in [2.75, 3.05) is 0 Å². The van der Waals surface area contributed by atoms with Crippen molar-refractivity contribution in [3.8, 4) is 11.4 Å². The number of fused-ring (bicyclic) bond motifs is 1. The number of aryl methyl sites for hydroxylation is 1. The normalized spacial score (nSPS) is 11.1. The minimum atomic E-state index is -1.35. The van der Waals surface area contributed by atoms with Crippen LogP contribution in [0.1, 0.15) is 20.8 Å². The lowest BCUT2D eigenvalue weighted by atomic mass is 10.1. The topological polar surface area (TPSA) is 101 Å². The van der Waals surface area contributed by atoms with E-state index in [1.165, 1.54) is 23.6 Å². The summed E-state index contributed by atoms with van der Waals surface area (Å²) in [6.45, 7) is 1.42. The molecule has 4 rings (SSSR count). The number of rotatable bonds is 5. The van der Waals surface area contributed by atoms with Crippen LogP contribution in [-0.4, -0.2) is 20.6 Å². The largest absolute Gasteiger partial charge is 0.489 e. The first-order valence-electron chi connectivity index (χ1n) is 9.05. The predicted molar refractivity (Wildman–Crippen MR) is 115 cm³/mol. The lowest BCUT2D eigenvalue weighted by Gasteiger charge is -2.12. The smallest absolute Gasteiger partial charge is 0.346 e. The highest BCUT2D eigenvalue weighted by atomic mass is 35.5. The number of H-pyrrole nitrogens is 1. The first kappa shape index (κ1) is 21.7. The van der Waals surface area contributed by atoms with Gasteiger partial charge in [-0.15, -0.1) is 11.3 Å². The van der Waals surface area contributed by atoms with Gasteiger partial charge in [0.1, 0.15) is 28.9 Å². The molecule has 2 aromatic carbocycles. The van der Waals surface area contributed by atoms with Crippen LogP contribution >= 0.6 is 22.9 Å². The Hall–Kier alpha value is -3.50. The molecule has 0 saturated heterocycles. The molecule has 0 radical (unpaired) electrons. The maximum Gasteiger partial charge on any atom is 0.346 e. The van der Waals surface area contributed by atoms with E-state index in [0.29, 0.717) is 10.1 Å². The third-order valence-corrected chi connectivity index (χ3v) is 6.26. The molecule has 2 N–H and O–H groups in total. The molecule has 0 spiro atoms. The Morgan fingerprint density at radius 3 is 2.66 bits per heavy atom. The average Bonchev–Trinajstić information content (AvgIpc) is 3.17. The molecule has 4 aromatic rings. The molecule has 2 aromatic heterocycles. The summed E-state index contributed by atoms with van der Waals surface area (Å²) in [5, 5.41) is 10.6. The molecular formula is C21H13ClF2N2O5S. The van der Waals surface area contributed by atoms with Crippen molar-refractivity contribution in [1.82, 2.24) is 9.55 Å². The van der Waals surface area contributed by atoms with E-state index in [4.69, 9.17) is 16.3 Å². The van der Waals surface area contributed by atoms with Crippen molar-refractivity contribution in [1.29, 1.82) is 0 Å². The van der Waals surface area contributed by atoms with E-state index >= 15 is 0 Å². The molecular weight excluding hydrogens is 466 g/mol. The molecule has 0 bridgehead atoms. The molecule has 0 saturated carbocycles. The number of thiophene rings is 1. The number of carbonyl (C=O) groups is 1. The highest BCUT2D eigenvalue weighted by Gasteiger charge is 2.21. The SMILES string of the molecule is Cc1ccc(F)c(COc2ccc(F)c(-n3c(=O)[nH]c4csc(C(=O)O)c4c3=O)c2)c1Cl. The number of nitrogens with one attached hydrogen (secondary N) is 1. The van der Waals surface area contributed by atoms with Gasteiger partial charge in [0.05, 0.1) is 21.6 Å². The molecule has 164 valence electrons. The van der Waals surface area contributed by atoms with Gasteiger partial charge in [0.15, 0.2) is 0 Å². The second kappa shape index (κ2) is 8.21. The molecule has 0 unspecified atom stereocenters. The minimum absolute atomic E-state index is 0.0357. The number of carboxylic acids is 1. The number of carboxylic acid groups (broad SMARTS) is 1. The third kappa shape index (κ3) is 3.67. The van der Waals surface area contributed by atoms with Crippen molar-refractivity contribution in [3.05, 3.63) is 89.2 Å². The van der Waals surface area contributed by atoms with Crippen LogP contribution in [0.15, 0.2) is 45.3 Å². The van der Waals surface area contributed by atoms with Crippen molar-refractivity contribution in [2.24, 2.45) is 0 Å². The lowest BCUT2D eigenvalue weighted by Crippen LogP contribution is -2.34. The van der Waals surface area contributed by atoms with Crippen molar-refractivity contribution in [3.63, 3.8) is 0 Å². The summed E-state index contributed by atoms with van der Waals surface area (Å²) in [7, 11) is 0. The van der Waals surface area contributed by atoms with Crippen molar-refractivity contribution >= 4 is 39.8 Å². The van der Waals surface area contributed by atoms with Gasteiger partial charge < -0.3 is 14.8 Å². The molecule has 0 aliphatic carbocycles. The summed E-state index contributed by atoms with van der Waals surface area (Å²) < 4.78 is 34.7. The number of ether oxygens (including phenoxy) is 1. The second-order valence-electron chi connectivity index (χ2n) is 6.79. The first-order valence-corrected chi connectivity index (χ1v) is 10.3. The van der Waals surface area contributed by atoms with Crippen LogP contribution in [0.4, 0.5) is 8.78 Å². The van der Waals surface area contributed by atoms with E-state index in [9.17, 15) is 28.3 Å². The van der Waals surface area contributed by atoms with E-state index in [0.717, 1.165) is 23.5 Å². The van der Waals surface area contributed by atoms with Crippen molar-refractivity contribution < 1.29 is 23.4 Å². The zero-order chi connectivity index (χ0) is 23.2. The van der Waals surface area contributed by atoms with Gasteiger partial charge >= 0.3 is 11.7 Å². The Morgan fingerprint density at radius 1 is 1.22 bits per heavy atom. The maximum atomic E-state index is 14.6. The number of halogens is 3. The van der Waals surface area contributed by atoms with E-state index in [1.807, 2.05) is 0 Å². The van der Waals surface area contributed by atoms with Gasteiger partial charge in [-0.1, -0.05) is 17.7 Å². The standard InChI is InChI=1S/C21H13ClF2N2O5S/c1-9-2-4-12(23)11(17(9)22)7-31-10-3-5-13(24)15(6-10)26-19(27)16-14(25-21(26)30)8-32-18(16)20(28)29/h2-6,8H,7H2,1H3,(H,25,30)(H,28,29). The van der Waals surface area contributed by atoms with Crippen LogP contribution in [0.2, 0.25) is 5.02 Å². The van der Waals surface area contributed by atoms with Crippen LogP contribution in [0.25, 0.3) is 16.6 Å². The Morgan fingerprint density at radius 2 is 1.94 bits per heavy atom. The molecule has 0 amide bonds. The molecule has 0 atom stereocenters. The molecule has 11 heteroatoms. The second-order valence-corrected chi connectivity index (χ2v) is 8.05. The highest BCUT2D eigenvalue weighted by Crippen LogP contribution is 2.27. The molecule has 0 aliphatic heterocycles. The van der Waals surface area contributed by atoms with Crippen LogP contribution in [0.3, 0.4) is 0 Å². The monoisotopic (exact) mass is 478 g/mol. The van der Waals surface area contributed by atoms with Gasteiger partial charge in [0.25, 0.3) is 5.56 Å². The Kier molecular flexibility index (Phi) is 5.57. The number of aromatic amines is 1. The van der Waals surface area contributed by atoms with E-state index in [-0.39, 0.29) is 38.7 Å². The van der Waals surface area contributed by atoms with Crippen LogP contribution in [-0.2, 0) is 6.61 Å². The van der Waals surface area contributed by atoms with Gasteiger partial charge in [-0.25, -0.2) is 22.9 Å². The van der Waals surface area contributed by atoms with Crippen LogP contribution in [0, 0.1) is 18.6 Å². The van der Waals surface area contributed by atoms with Crippen LogP contribution in [0.5, 0.6) is 5.75 Å². The number of nitrogens with zero attached hydrogens (tertiary/aromatic N) is 1. The molecule has 0 aliphatic rings. The zero-order valence-corrected chi connectivity index (χ0v) is 17.8. The Bertz CT molecular complexity index is 1510. The summed E-state index contributed by atoms with van der Waals surface area (Å²) >= 11 is 6.89. The Balaban J connectivity index is 1.79. The number of hydrogen-bond acceptors (Lipinski definition) is 5. The number of hydrogen-bond donors (Lipinski definition) is 2. The fourth-order valence-corrected chi connectivity index (χ4v) is 4.21. The third-order valence-electron chi connectivity index (χ3n) is 4.77. The van der Waals surface area contributed by atoms with Crippen LogP contribution < -0.4 is 16.0 Å². The number of aromatic nitrogens is 2. The molecule has 2 heterocycles. The fraction of sp³-hybridized carbons (Fsp3) is 0.0952. The predicted octanol–water partition coefficient (Wildman–Crippen LogP) is 4.26. The van der Waals surface area contributed by atoms with E-state index < -0.39 is 34.5 Å². The summed E-state index contributed by atoms with van der Waals surface area (Å²) in [6.07, 6.45) is 0. The van der Waals surface area contributed by atoms with Gasteiger partial charge in [-0.3, -0.25) is 4.79 Å². The highest BCUT2D eigenvalue weighted by molar-refractivity contribution is 7.13. The molecule has 7 nitrogen and oxygen atoms in total. The quantitative estimate of drug-likeness (QED) is 0.446. The lowest BCUT2D eigenvalue weighted by molar-refractivity contribution is 0.0704. The fourth-order valence-electron chi connectivity index (χ4n) is 3.17. The van der Waals surface area contributed by atoms with E-state index in [2.05, 4.69) is 4.98 Å². The summed E-state index contributed by atoms with van der Waals surface area (Å²) in [6, 6.07) is 6.06. The first-order chi connectivity index (χ1) is 15.2. The van der Waals surface area contributed by atoms with Gasteiger partial charge in [-0.05, 0) is 30.7 Å². The molecule has 0 fully saturated rings. The maximum absolute atomic E-state index is 14.6. The van der Waals surface area contributed by atoms with E-state index in [1.54, 1.807) is 6.92 Å². The van der Waals surface area contributed by atoms with Gasteiger partial charge in [0.2, 0.25) is 0 Å². The molecule has 32 heavy (non-hydrogen) atoms. The van der Waals surface area contributed by atoms with Gasteiger partial charge in [-0.2, -0.15) is 0 Å². The van der Waals surface area contributed by atoms with Crippen molar-refractivity contribution in [2.45, 2.75) is 13.5 Å². The number of aromatic carboxylic acids is 1. The zero-order valence-electron chi connectivity index (χ0n) is 16.2. The minimum Gasteiger partial charge on any atom is -0.489 e.